The lowest BCUT2D eigenvalue weighted by atomic mass is 10.1. The molecular weight excluding hydrogens is 331 g/mol. The SMILES string of the molecule is O=C(/C=C/c1ccc(Oc2cccnc2)c(F)c1)NC1CCCCCC1. The summed E-state index contributed by atoms with van der Waals surface area (Å²) < 4.78 is 19.7. The molecule has 0 aliphatic heterocycles. The predicted molar refractivity (Wildman–Crippen MR) is 99.4 cm³/mol. The zero-order valence-corrected chi connectivity index (χ0v) is 14.7. The number of hydrogen-bond acceptors (Lipinski definition) is 3. The third-order valence-electron chi connectivity index (χ3n) is 4.45. The fraction of sp³-hybridized carbons (Fsp3) is 0.333. The van der Waals surface area contributed by atoms with Crippen LogP contribution in [0.2, 0.25) is 0 Å². The number of rotatable bonds is 5. The molecule has 26 heavy (non-hydrogen) atoms. The van der Waals surface area contributed by atoms with Gasteiger partial charge in [-0.3, -0.25) is 9.78 Å². The van der Waals surface area contributed by atoms with E-state index in [9.17, 15) is 9.18 Å². The van der Waals surface area contributed by atoms with E-state index >= 15 is 0 Å². The van der Waals surface area contributed by atoms with Gasteiger partial charge in [0.1, 0.15) is 5.75 Å². The van der Waals surface area contributed by atoms with Gasteiger partial charge in [0.15, 0.2) is 11.6 Å². The van der Waals surface area contributed by atoms with Crippen LogP contribution in [0.5, 0.6) is 11.5 Å². The van der Waals surface area contributed by atoms with Crippen LogP contribution in [-0.2, 0) is 4.79 Å². The minimum atomic E-state index is -0.486. The number of hydrogen-bond donors (Lipinski definition) is 1. The van der Waals surface area contributed by atoms with E-state index in [1.54, 1.807) is 36.5 Å². The highest BCUT2D eigenvalue weighted by Crippen LogP contribution is 2.25. The van der Waals surface area contributed by atoms with Gasteiger partial charge in [-0.2, -0.15) is 0 Å². The maximum atomic E-state index is 14.2. The number of ether oxygens (including phenoxy) is 1. The number of nitrogens with zero attached hydrogens (tertiary/aromatic N) is 1. The molecule has 1 aromatic heterocycles. The molecule has 0 atom stereocenters. The van der Waals surface area contributed by atoms with E-state index < -0.39 is 5.82 Å². The summed E-state index contributed by atoms with van der Waals surface area (Å²) in [5, 5.41) is 3.04. The first-order valence-electron chi connectivity index (χ1n) is 9.07. The second kappa shape index (κ2) is 9.13. The number of benzene rings is 1. The van der Waals surface area contributed by atoms with Gasteiger partial charge in [-0.1, -0.05) is 31.7 Å². The lowest BCUT2D eigenvalue weighted by Gasteiger charge is -2.14. The average molecular weight is 354 g/mol. The first kappa shape index (κ1) is 18.1. The lowest BCUT2D eigenvalue weighted by Crippen LogP contribution is -2.33. The predicted octanol–water partition coefficient (Wildman–Crippen LogP) is 4.87. The number of carbonyl (C=O) groups excluding carboxylic acids is 1. The standard InChI is InChI=1S/C21H23FN2O2/c22-19-14-16(9-11-20(19)26-18-8-5-13-23-15-18)10-12-21(25)24-17-6-3-1-2-4-7-17/h5,8-15,17H,1-4,6-7H2,(H,24,25)/b12-10+. The van der Waals surface area contributed by atoms with Crippen LogP contribution in [0.4, 0.5) is 4.39 Å². The molecule has 1 saturated carbocycles. The fourth-order valence-electron chi connectivity index (χ4n) is 3.08. The Labute approximate surface area is 153 Å². The summed E-state index contributed by atoms with van der Waals surface area (Å²) in [6.45, 7) is 0. The molecule has 1 N–H and O–H groups in total. The van der Waals surface area contributed by atoms with Gasteiger partial charge in [0.2, 0.25) is 5.91 Å². The van der Waals surface area contributed by atoms with Crippen molar-refractivity contribution in [3.8, 4) is 11.5 Å². The molecule has 5 heteroatoms. The number of aromatic nitrogens is 1. The van der Waals surface area contributed by atoms with Gasteiger partial charge in [-0.05, 0) is 48.7 Å². The largest absolute Gasteiger partial charge is 0.453 e. The zero-order valence-electron chi connectivity index (χ0n) is 14.7. The van der Waals surface area contributed by atoms with Gasteiger partial charge in [0.05, 0.1) is 6.20 Å². The third kappa shape index (κ3) is 5.41. The maximum Gasteiger partial charge on any atom is 0.244 e. The number of halogens is 1. The van der Waals surface area contributed by atoms with E-state index in [-0.39, 0.29) is 17.7 Å². The van der Waals surface area contributed by atoms with Crippen LogP contribution in [-0.4, -0.2) is 16.9 Å². The normalized spacial score (nSPS) is 15.6. The summed E-state index contributed by atoms with van der Waals surface area (Å²) in [5.41, 5.74) is 0.608. The molecule has 0 unspecified atom stereocenters. The van der Waals surface area contributed by atoms with Crippen LogP contribution >= 0.6 is 0 Å². The molecule has 3 rings (SSSR count). The number of carbonyl (C=O) groups is 1. The second-order valence-corrected chi connectivity index (χ2v) is 6.51. The van der Waals surface area contributed by atoms with Crippen molar-refractivity contribution in [2.75, 3.05) is 0 Å². The molecule has 0 saturated heterocycles. The van der Waals surface area contributed by atoms with Crippen LogP contribution in [0.1, 0.15) is 44.1 Å². The number of nitrogens with one attached hydrogen (secondary N) is 1. The van der Waals surface area contributed by atoms with Crippen LogP contribution in [0.15, 0.2) is 48.8 Å². The van der Waals surface area contributed by atoms with Gasteiger partial charge < -0.3 is 10.1 Å². The molecule has 1 amide bonds. The Morgan fingerprint density at radius 3 is 2.69 bits per heavy atom. The van der Waals surface area contributed by atoms with E-state index in [1.165, 1.54) is 31.2 Å². The Hall–Kier alpha value is -2.69. The van der Waals surface area contributed by atoms with Crippen molar-refractivity contribution in [1.29, 1.82) is 0 Å². The topological polar surface area (TPSA) is 51.2 Å². The van der Waals surface area contributed by atoms with Crippen molar-refractivity contribution in [3.63, 3.8) is 0 Å². The van der Waals surface area contributed by atoms with E-state index in [2.05, 4.69) is 10.3 Å². The lowest BCUT2D eigenvalue weighted by molar-refractivity contribution is -0.117. The van der Waals surface area contributed by atoms with E-state index in [4.69, 9.17) is 4.74 Å². The summed E-state index contributed by atoms with van der Waals surface area (Å²) >= 11 is 0. The Bertz CT molecular complexity index is 754. The van der Waals surface area contributed by atoms with Gasteiger partial charge in [0.25, 0.3) is 0 Å². The van der Waals surface area contributed by atoms with Crippen molar-refractivity contribution in [3.05, 3.63) is 60.2 Å². The van der Waals surface area contributed by atoms with Crippen molar-refractivity contribution >= 4 is 12.0 Å². The summed E-state index contributed by atoms with van der Waals surface area (Å²) in [6.07, 6.45) is 13.1. The highest BCUT2D eigenvalue weighted by Gasteiger charge is 2.13. The summed E-state index contributed by atoms with van der Waals surface area (Å²) in [4.78, 5) is 16.0. The molecule has 136 valence electrons. The molecule has 1 aromatic carbocycles. The minimum Gasteiger partial charge on any atom is -0.453 e. The molecule has 0 spiro atoms. The minimum absolute atomic E-state index is 0.123. The van der Waals surface area contributed by atoms with Gasteiger partial charge in [-0.25, -0.2) is 4.39 Å². The third-order valence-corrected chi connectivity index (χ3v) is 4.45. The van der Waals surface area contributed by atoms with Gasteiger partial charge in [-0.15, -0.1) is 0 Å². The van der Waals surface area contributed by atoms with Crippen molar-refractivity contribution < 1.29 is 13.9 Å². The van der Waals surface area contributed by atoms with Crippen molar-refractivity contribution in [2.45, 2.75) is 44.6 Å². The Morgan fingerprint density at radius 2 is 2.00 bits per heavy atom. The molecule has 2 aromatic rings. The van der Waals surface area contributed by atoms with Crippen LogP contribution in [0, 0.1) is 5.82 Å². The number of amides is 1. The maximum absolute atomic E-state index is 14.2. The van der Waals surface area contributed by atoms with Gasteiger partial charge >= 0.3 is 0 Å². The molecule has 1 aliphatic rings. The van der Waals surface area contributed by atoms with Crippen molar-refractivity contribution in [2.24, 2.45) is 0 Å². The number of pyridine rings is 1. The van der Waals surface area contributed by atoms with Crippen LogP contribution in [0.25, 0.3) is 6.08 Å². The molecule has 4 nitrogen and oxygen atoms in total. The van der Waals surface area contributed by atoms with Crippen molar-refractivity contribution in [1.82, 2.24) is 10.3 Å². The average Bonchev–Trinajstić information content (AvgIpc) is 2.91. The second-order valence-electron chi connectivity index (χ2n) is 6.51. The monoisotopic (exact) mass is 354 g/mol. The molecule has 1 heterocycles. The Balaban J connectivity index is 1.58. The van der Waals surface area contributed by atoms with Gasteiger partial charge in [0, 0.05) is 18.3 Å². The molecule has 1 fully saturated rings. The summed E-state index contributed by atoms with van der Waals surface area (Å²) in [5.74, 6) is -0.0244. The fourth-order valence-corrected chi connectivity index (χ4v) is 3.08. The first-order chi connectivity index (χ1) is 12.7. The zero-order chi connectivity index (χ0) is 18.2. The summed E-state index contributed by atoms with van der Waals surface area (Å²) in [6, 6.07) is 8.29. The van der Waals surface area contributed by atoms with E-state index in [1.807, 2.05) is 0 Å². The first-order valence-corrected chi connectivity index (χ1v) is 9.07. The molecular formula is C21H23FN2O2. The Morgan fingerprint density at radius 1 is 1.19 bits per heavy atom. The molecule has 0 bridgehead atoms. The summed E-state index contributed by atoms with van der Waals surface area (Å²) in [7, 11) is 0. The van der Waals surface area contributed by atoms with E-state index in [0.29, 0.717) is 11.3 Å². The highest BCUT2D eigenvalue weighted by molar-refractivity contribution is 5.91. The molecule has 0 radical (unpaired) electrons. The smallest absolute Gasteiger partial charge is 0.244 e. The quantitative estimate of drug-likeness (QED) is 0.616. The highest BCUT2D eigenvalue weighted by atomic mass is 19.1. The molecule has 1 aliphatic carbocycles. The Kier molecular flexibility index (Phi) is 6.36. The van der Waals surface area contributed by atoms with Crippen LogP contribution < -0.4 is 10.1 Å². The van der Waals surface area contributed by atoms with E-state index in [0.717, 1.165) is 25.7 Å². The van der Waals surface area contributed by atoms with Crippen LogP contribution in [0.3, 0.4) is 0 Å².